The van der Waals surface area contributed by atoms with E-state index in [1.54, 1.807) is 5.32 Å². The summed E-state index contributed by atoms with van der Waals surface area (Å²) in [7, 11) is 0. The first-order valence-electron chi connectivity index (χ1n) is 8.77. The first-order valence-corrected chi connectivity index (χ1v) is 8.77. The lowest BCUT2D eigenvalue weighted by Crippen LogP contribution is -2.38. The summed E-state index contributed by atoms with van der Waals surface area (Å²) in [6, 6.07) is 1.37. The topological polar surface area (TPSA) is 72.0 Å². The maximum atomic E-state index is 14.2. The maximum absolute atomic E-state index is 14.2. The van der Waals surface area contributed by atoms with Crippen LogP contribution in [-0.2, 0) is 16.6 Å². The van der Waals surface area contributed by atoms with Gasteiger partial charge in [0, 0.05) is 30.3 Å². The van der Waals surface area contributed by atoms with Gasteiger partial charge in [-0.25, -0.2) is 23.1 Å². The Morgan fingerprint density at radius 3 is 2.21 bits per heavy atom. The molecular weight excluding hydrogens is 397 g/mol. The van der Waals surface area contributed by atoms with E-state index in [-0.39, 0.29) is 23.4 Å². The van der Waals surface area contributed by atoms with Gasteiger partial charge in [-0.2, -0.15) is 8.78 Å². The number of hydrogen-bond acceptors (Lipinski definition) is 4. The third kappa shape index (κ3) is 4.41. The van der Waals surface area contributed by atoms with Crippen LogP contribution in [0, 0.1) is 17.5 Å². The minimum absolute atomic E-state index is 0.00461. The van der Waals surface area contributed by atoms with Crippen molar-refractivity contribution in [3.8, 4) is 0 Å². The number of nitrogens with one attached hydrogen (secondary N) is 1. The van der Waals surface area contributed by atoms with Gasteiger partial charge in [-0.15, -0.1) is 0 Å². The average molecular weight is 413 g/mol. The number of benzene rings is 1. The predicted molar refractivity (Wildman–Crippen MR) is 90.9 cm³/mol. The first-order chi connectivity index (χ1) is 13.7. The Labute approximate surface area is 162 Å². The van der Waals surface area contributed by atoms with Crippen molar-refractivity contribution in [2.45, 2.75) is 37.5 Å². The number of Topliss-reactive ketones (excluding diaryl/α,β-unsaturated/α-hetero) is 1. The lowest BCUT2D eigenvalue weighted by atomic mass is 9.62. The fraction of sp³-hybridized carbons (Fsp3) is 0.368. The summed E-state index contributed by atoms with van der Waals surface area (Å²) < 4.78 is 65.4. The van der Waals surface area contributed by atoms with E-state index in [1.807, 2.05) is 0 Å². The molecule has 0 atom stereocenters. The number of nitrogens with zero attached hydrogens (tertiary/aromatic N) is 2. The second kappa shape index (κ2) is 8.22. The Morgan fingerprint density at radius 1 is 1.03 bits per heavy atom. The summed E-state index contributed by atoms with van der Waals surface area (Å²) in [5.41, 5.74) is -0.707. The molecule has 0 unspecified atom stereocenters. The molecule has 0 aliphatic heterocycles. The lowest BCUT2D eigenvalue weighted by Gasteiger charge is -2.42. The Hall–Kier alpha value is -2.91. The van der Waals surface area contributed by atoms with Crippen molar-refractivity contribution in [1.29, 1.82) is 0 Å². The van der Waals surface area contributed by atoms with Crippen LogP contribution in [0.15, 0.2) is 24.5 Å². The zero-order chi connectivity index (χ0) is 21.2. The van der Waals surface area contributed by atoms with Gasteiger partial charge >= 0.3 is 6.43 Å². The normalized spacial score (nSPS) is 15.1. The van der Waals surface area contributed by atoms with Gasteiger partial charge in [0.05, 0.1) is 12.1 Å². The van der Waals surface area contributed by atoms with E-state index in [4.69, 9.17) is 0 Å². The number of ketones is 1. The molecule has 0 bridgehead atoms. The van der Waals surface area contributed by atoms with Gasteiger partial charge in [0.15, 0.2) is 17.4 Å². The largest absolute Gasteiger partial charge is 0.344 e. The van der Waals surface area contributed by atoms with E-state index < -0.39 is 47.5 Å². The predicted octanol–water partition coefficient (Wildman–Crippen LogP) is 3.12. The summed E-state index contributed by atoms with van der Waals surface area (Å²) in [6.45, 7) is -0.629. The molecule has 1 aliphatic carbocycles. The highest BCUT2D eigenvalue weighted by Crippen LogP contribution is 2.47. The highest BCUT2D eigenvalue weighted by Gasteiger charge is 2.42. The maximum Gasteiger partial charge on any atom is 0.315 e. The van der Waals surface area contributed by atoms with Gasteiger partial charge in [0.25, 0.3) is 5.91 Å². The number of amides is 1. The molecule has 2 aromatic rings. The number of alkyl halides is 2. The standard InChI is InChI=1S/C19H16F5N3O2/c20-12-5-14(22)13(21)4-11(12)19(2-1-3-19)6-16-25-7-10(8-26-16)15(28)9-27-18(29)17(23)24/h4-5,7-8,17H,1-3,6,9H2,(H,27,29). The molecule has 1 fully saturated rings. The molecule has 1 N–H and O–H groups in total. The number of rotatable bonds is 7. The van der Waals surface area contributed by atoms with Gasteiger partial charge in [-0.05, 0) is 24.5 Å². The quantitative estimate of drug-likeness (QED) is 0.430. The van der Waals surface area contributed by atoms with Crippen molar-refractivity contribution in [1.82, 2.24) is 15.3 Å². The summed E-state index contributed by atoms with van der Waals surface area (Å²) in [5, 5.41) is 1.79. The average Bonchev–Trinajstić information content (AvgIpc) is 2.66. The first kappa shape index (κ1) is 20.8. The zero-order valence-corrected chi connectivity index (χ0v) is 15.0. The second-order valence-electron chi connectivity index (χ2n) is 6.89. The second-order valence-corrected chi connectivity index (χ2v) is 6.89. The summed E-state index contributed by atoms with van der Waals surface area (Å²) in [6.07, 6.45) is 1.14. The molecule has 5 nitrogen and oxygen atoms in total. The van der Waals surface area contributed by atoms with E-state index in [0.717, 1.165) is 12.5 Å². The Morgan fingerprint density at radius 2 is 1.66 bits per heavy atom. The number of hydrogen-bond donors (Lipinski definition) is 1. The van der Waals surface area contributed by atoms with Crippen LogP contribution in [0.25, 0.3) is 0 Å². The van der Waals surface area contributed by atoms with Crippen LogP contribution in [0.1, 0.15) is 41.0 Å². The SMILES string of the molecule is O=C(CNC(=O)C(F)F)c1cnc(CC2(c3cc(F)c(F)cc3F)CCC2)nc1. The summed E-state index contributed by atoms with van der Waals surface area (Å²) in [4.78, 5) is 30.8. The van der Waals surface area contributed by atoms with Crippen LogP contribution < -0.4 is 5.32 Å². The molecule has 0 spiro atoms. The van der Waals surface area contributed by atoms with Crippen LogP contribution in [0.5, 0.6) is 0 Å². The van der Waals surface area contributed by atoms with Crippen LogP contribution >= 0.6 is 0 Å². The highest BCUT2D eigenvalue weighted by molar-refractivity contribution is 5.99. The van der Waals surface area contributed by atoms with E-state index >= 15 is 0 Å². The molecule has 0 radical (unpaired) electrons. The zero-order valence-electron chi connectivity index (χ0n) is 15.0. The third-order valence-corrected chi connectivity index (χ3v) is 5.04. The monoisotopic (exact) mass is 413 g/mol. The molecule has 1 aromatic heterocycles. The molecule has 1 aliphatic rings. The van der Waals surface area contributed by atoms with E-state index in [1.165, 1.54) is 12.4 Å². The minimum atomic E-state index is -3.23. The number of aromatic nitrogens is 2. The fourth-order valence-electron chi connectivity index (χ4n) is 3.31. The van der Waals surface area contributed by atoms with Crippen molar-refractivity contribution in [3.05, 3.63) is 58.9 Å². The molecule has 10 heteroatoms. The van der Waals surface area contributed by atoms with Gasteiger partial charge in [0.1, 0.15) is 11.6 Å². The van der Waals surface area contributed by atoms with Gasteiger partial charge in [-0.3, -0.25) is 9.59 Å². The molecule has 1 aromatic carbocycles. The van der Waals surface area contributed by atoms with Crippen LogP contribution in [0.3, 0.4) is 0 Å². The smallest absolute Gasteiger partial charge is 0.315 e. The Balaban J connectivity index is 1.72. The van der Waals surface area contributed by atoms with Crippen LogP contribution in [-0.4, -0.2) is 34.6 Å². The van der Waals surface area contributed by atoms with Crippen molar-refractivity contribution in [2.75, 3.05) is 6.54 Å². The number of carbonyl (C=O) groups is 2. The fourth-order valence-corrected chi connectivity index (χ4v) is 3.31. The Bertz CT molecular complexity index is 930. The van der Waals surface area contributed by atoms with Crippen LogP contribution in [0.2, 0.25) is 0 Å². The van der Waals surface area contributed by atoms with Crippen molar-refractivity contribution >= 4 is 11.7 Å². The molecule has 154 valence electrons. The minimum Gasteiger partial charge on any atom is -0.344 e. The van der Waals surface area contributed by atoms with Gasteiger partial charge in [0.2, 0.25) is 0 Å². The van der Waals surface area contributed by atoms with E-state index in [9.17, 15) is 31.5 Å². The molecule has 3 rings (SSSR count). The van der Waals surface area contributed by atoms with E-state index in [2.05, 4.69) is 9.97 Å². The highest BCUT2D eigenvalue weighted by atomic mass is 19.3. The van der Waals surface area contributed by atoms with Gasteiger partial charge < -0.3 is 5.32 Å². The van der Waals surface area contributed by atoms with Crippen molar-refractivity contribution < 1.29 is 31.5 Å². The van der Waals surface area contributed by atoms with Crippen molar-refractivity contribution in [2.24, 2.45) is 0 Å². The van der Waals surface area contributed by atoms with E-state index in [0.29, 0.717) is 18.9 Å². The van der Waals surface area contributed by atoms with Crippen LogP contribution in [0.4, 0.5) is 22.0 Å². The molecule has 1 saturated carbocycles. The summed E-state index contributed by atoms with van der Waals surface area (Å²) >= 11 is 0. The molecule has 29 heavy (non-hydrogen) atoms. The molecular formula is C19H16F5N3O2. The molecule has 0 saturated heterocycles. The number of carbonyl (C=O) groups excluding carboxylic acids is 2. The molecule has 1 heterocycles. The Kier molecular flexibility index (Phi) is 5.90. The summed E-state index contributed by atoms with van der Waals surface area (Å²) in [5.74, 6) is -5.20. The number of halogens is 5. The lowest BCUT2D eigenvalue weighted by molar-refractivity contribution is -0.131. The van der Waals surface area contributed by atoms with Crippen molar-refractivity contribution in [3.63, 3.8) is 0 Å². The van der Waals surface area contributed by atoms with Gasteiger partial charge in [-0.1, -0.05) is 6.42 Å². The molecule has 1 amide bonds. The third-order valence-electron chi connectivity index (χ3n) is 5.04.